The lowest BCUT2D eigenvalue weighted by Gasteiger charge is -2.57. The van der Waals surface area contributed by atoms with Crippen LogP contribution in [0, 0.1) is 16.6 Å². The molecule has 0 aromatic heterocycles. The van der Waals surface area contributed by atoms with Crippen molar-refractivity contribution < 1.29 is 4.39 Å². The highest BCUT2D eigenvalue weighted by Gasteiger charge is 2.52. The zero-order valence-electron chi connectivity index (χ0n) is 12.4. The lowest BCUT2D eigenvalue weighted by Crippen LogP contribution is -2.54. The van der Waals surface area contributed by atoms with Crippen LogP contribution in [0.15, 0.2) is 24.3 Å². The molecule has 110 valence electrons. The highest BCUT2D eigenvalue weighted by atomic mass is 32.2. The van der Waals surface area contributed by atoms with Gasteiger partial charge >= 0.3 is 0 Å². The Balaban J connectivity index is 2.02. The van der Waals surface area contributed by atoms with Gasteiger partial charge in [0.05, 0.1) is 0 Å². The van der Waals surface area contributed by atoms with Crippen molar-refractivity contribution in [1.29, 1.82) is 0 Å². The average Bonchev–Trinajstić information content (AvgIpc) is 2.43. The van der Waals surface area contributed by atoms with E-state index in [0.29, 0.717) is 16.7 Å². The van der Waals surface area contributed by atoms with E-state index >= 15 is 0 Å². The predicted molar refractivity (Wildman–Crippen MR) is 84.8 cm³/mol. The van der Waals surface area contributed by atoms with Crippen LogP contribution in [0.5, 0.6) is 0 Å². The Morgan fingerprint density at radius 2 is 2.15 bits per heavy atom. The van der Waals surface area contributed by atoms with E-state index in [1.807, 2.05) is 6.07 Å². The topological polar surface area (TPSA) is 12.0 Å². The standard InChI is InChI=1S/C17H24FNS/c1-16(2)7-9-20-12-17(16)6-8-19-11-15(17)13-4-3-5-14(18)10-13/h3-5,10,15,19H,6-9,11-12H2,1-2H3. The van der Waals surface area contributed by atoms with E-state index in [2.05, 4.69) is 37.0 Å². The fraction of sp³-hybridized carbons (Fsp3) is 0.647. The van der Waals surface area contributed by atoms with E-state index in [9.17, 15) is 4.39 Å². The van der Waals surface area contributed by atoms with Crippen LogP contribution >= 0.6 is 11.8 Å². The second kappa shape index (κ2) is 5.34. The fourth-order valence-electron chi connectivity index (χ4n) is 4.10. The lowest BCUT2D eigenvalue weighted by atomic mass is 9.54. The summed E-state index contributed by atoms with van der Waals surface area (Å²) in [5.74, 6) is 2.79. The second-order valence-corrected chi connectivity index (χ2v) is 8.01. The van der Waals surface area contributed by atoms with Gasteiger partial charge in [-0.15, -0.1) is 0 Å². The van der Waals surface area contributed by atoms with Crippen LogP contribution in [-0.2, 0) is 0 Å². The molecule has 0 saturated carbocycles. The van der Waals surface area contributed by atoms with Crippen LogP contribution in [0.3, 0.4) is 0 Å². The molecule has 0 amide bonds. The number of piperidine rings is 1. The summed E-state index contributed by atoms with van der Waals surface area (Å²) in [6.45, 7) is 6.91. The van der Waals surface area contributed by atoms with E-state index < -0.39 is 0 Å². The first-order valence-electron chi connectivity index (χ1n) is 7.59. The molecule has 1 nitrogen and oxygen atoms in total. The number of rotatable bonds is 1. The summed E-state index contributed by atoms with van der Waals surface area (Å²) < 4.78 is 13.6. The molecule has 1 N–H and O–H groups in total. The van der Waals surface area contributed by atoms with Gasteiger partial charge in [-0.1, -0.05) is 26.0 Å². The highest BCUT2D eigenvalue weighted by Crippen LogP contribution is 2.58. The van der Waals surface area contributed by atoms with Crippen LogP contribution in [-0.4, -0.2) is 24.6 Å². The minimum absolute atomic E-state index is 0.107. The summed E-state index contributed by atoms with van der Waals surface area (Å²) in [7, 11) is 0. The van der Waals surface area contributed by atoms with Crippen LogP contribution in [0.1, 0.15) is 38.2 Å². The van der Waals surface area contributed by atoms with Crippen LogP contribution in [0.2, 0.25) is 0 Å². The maximum Gasteiger partial charge on any atom is 0.123 e. The summed E-state index contributed by atoms with van der Waals surface area (Å²) in [4.78, 5) is 0. The molecule has 0 aliphatic carbocycles. The lowest BCUT2D eigenvalue weighted by molar-refractivity contribution is 0.0254. The minimum Gasteiger partial charge on any atom is -0.316 e. The molecule has 2 fully saturated rings. The van der Waals surface area contributed by atoms with Gasteiger partial charge in [-0.05, 0) is 53.7 Å². The van der Waals surface area contributed by atoms with Crippen molar-refractivity contribution in [1.82, 2.24) is 5.32 Å². The molecule has 2 aliphatic rings. The molecule has 2 aliphatic heterocycles. The van der Waals surface area contributed by atoms with Crippen molar-refractivity contribution in [2.45, 2.75) is 32.6 Å². The van der Waals surface area contributed by atoms with Gasteiger partial charge in [0, 0.05) is 18.2 Å². The van der Waals surface area contributed by atoms with E-state index in [-0.39, 0.29) is 5.82 Å². The van der Waals surface area contributed by atoms with Gasteiger partial charge in [0.2, 0.25) is 0 Å². The molecular weight excluding hydrogens is 269 g/mol. The molecule has 2 heterocycles. The Hall–Kier alpha value is -0.540. The molecule has 2 saturated heterocycles. The van der Waals surface area contributed by atoms with Gasteiger partial charge in [-0.2, -0.15) is 11.8 Å². The molecular formula is C17H24FNS. The number of thioether (sulfide) groups is 1. The van der Waals surface area contributed by atoms with E-state index in [4.69, 9.17) is 0 Å². The smallest absolute Gasteiger partial charge is 0.123 e. The second-order valence-electron chi connectivity index (χ2n) is 6.90. The van der Waals surface area contributed by atoms with Gasteiger partial charge in [-0.25, -0.2) is 4.39 Å². The first kappa shape index (κ1) is 14.4. The SMILES string of the molecule is CC1(C)CCSCC12CCNCC2c1cccc(F)c1. The first-order valence-corrected chi connectivity index (χ1v) is 8.75. The molecule has 1 aromatic carbocycles. The van der Waals surface area contributed by atoms with Crippen molar-refractivity contribution in [2.75, 3.05) is 24.6 Å². The quantitative estimate of drug-likeness (QED) is 0.838. The summed E-state index contributed by atoms with van der Waals surface area (Å²) >= 11 is 2.08. The van der Waals surface area contributed by atoms with Gasteiger partial charge in [0.15, 0.2) is 0 Å². The van der Waals surface area contributed by atoms with Crippen molar-refractivity contribution in [3.8, 4) is 0 Å². The zero-order chi connectivity index (χ0) is 14.2. The Kier molecular flexibility index (Phi) is 3.85. The van der Waals surface area contributed by atoms with E-state index in [1.165, 1.54) is 29.9 Å². The summed E-state index contributed by atoms with van der Waals surface area (Å²) in [5.41, 5.74) is 1.81. The normalized spacial score (nSPS) is 33.2. The molecule has 20 heavy (non-hydrogen) atoms. The zero-order valence-corrected chi connectivity index (χ0v) is 13.2. The minimum atomic E-state index is -0.107. The van der Waals surface area contributed by atoms with Gasteiger partial charge in [-0.3, -0.25) is 0 Å². The predicted octanol–water partition coefficient (Wildman–Crippen LogP) is 4.05. The van der Waals surface area contributed by atoms with Crippen LogP contribution < -0.4 is 5.32 Å². The maximum absolute atomic E-state index is 13.6. The highest BCUT2D eigenvalue weighted by molar-refractivity contribution is 7.99. The Bertz CT molecular complexity index is 482. The molecule has 0 radical (unpaired) electrons. The monoisotopic (exact) mass is 293 g/mol. The number of halogens is 1. The molecule has 0 bridgehead atoms. The third kappa shape index (κ3) is 2.29. The molecule has 2 unspecified atom stereocenters. The van der Waals surface area contributed by atoms with Crippen molar-refractivity contribution in [3.63, 3.8) is 0 Å². The van der Waals surface area contributed by atoms with Crippen LogP contribution in [0.25, 0.3) is 0 Å². The Morgan fingerprint density at radius 1 is 1.30 bits per heavy atom. The van der Waals surface area contributed by atoms with E-state index in [1.54, 1.807) is 12.1 Å². The third-order valence-electron chi connectivity index (χ3n) is 5.59. The maximum atomic E-state index is 13.6. The van der Waals surface area contributed by atoms with E-state index in [0.717, 1.165) is 13.1 Å². The Labute approximate surface area is 125 Å². The fourth-order valence-corrected chi connectivity index (χ4v) is 6.00. The largest absolute Gasteiger partial charge is 0.316 e. The molecule has 3 heteroatoms. The number of benzene rings is 1. The average molecular weight is 293 g/mol. The van der Waals surface area contributed by atoms with Gasteiger partial charge in [0.25, 0.3) is 0 Å². The number of nitrogens with one attached hydrogen (secondary N) is 1. The van der Waals surface area contributed by atoms with Crippen molar-refractivity contribution in [3.05, 3.63) is 35.6 Å². The summed E-state index contributed by atoms with van der Waals surface area (Å²) in [6, 6.07) is 7.26. The molecule has 3 rings (SSSR count). The van der Waals surface area contributed by atoms with Gasteiger partial charge < -0.3 is 5.32 Å². The number of hydrogen-bond donors (Lipinski definition) is 1. The van der Waals surface area contributed by atoms with Crippen molar-refractivity contribution in [2.24, 2.45) is 10.8 Å². The first-order chi connectivity index (χ1) is 9.55. The number of hydrogen-bond acceptors (Lipinski definition) is 2. The molecule has 1 aromatic rings. The molecule has 1 spiro atoms. The Morgan fingerprint density at radius 3 is 2.90 bits per heavy atom. The summed E-state index contributed by atoms with van der Waals surface area (Å²) in [6.07, 6.45) is 2.47. The van der Waals surface area contributed by atoms with Crippen molar-refractivity contribution >= 4 is 11.8 Å². The van der Waals surface area contributed by atoms with Gasteiger partial charge in [0.1, 0.15) is 5.82 Å². The molecule has 2 atom stereocenters. The third-order valence-corrected chi connectivity index (χ3v) is 6.81. The van der Waals surface area contributed by atoms with Crippen LogP contribution in [0.4, 0.5) is 4.39 Å². The summed E-state index contributed by atoms with van der Waals surface area (Å²) in [5, 5.41) is 3.53.